The Hall–Kier alpha value is -0.870. The van der Waals surface area contributed by atoms with Crippen molar-refractivity contribution in [1.82, 2.24) is 0 Å². The lowest BCUT2D eigenvalue weighted by atomic mass is 9.81. The van der Waals surface area contributed by atoms with Crippen LogP contribution in [0.5, 0.6) is 0 Å². The summed E-state index contributed by atoms with van der Waals surface area (Å²) in [5.41, 5.74) is 1.04. The summed E-state index contributed by atoms with van der Waals surface area (Å²) < 4.78 is 29.9. The zero-order valence-electron chi connectivity index (χ0n) is 11.8. The minimum Gasteiger partial charge on any atom is -0.263 e. The second-order valence-corrected chi connectivity index (χ2v) is 7.37. The van der Waals surface area contributed by atoms with E-state index in [2.05, 4.69) is 13.8 Å². The van der Waals surface area contributed by atoms with Crippen molar-refractivity contribution in [2.24, 2.45) is 11.8 Å². The Kier molecular flexibility index (Phi) is 4.31. The maximum atomic E-state index is 12.2. The summed E-state index contributed by atoms with van der Waals surface area (Å²) in [4.78, 5) is 0.254. The molecule has 0 spiro atoms. The summed E-state index contributed by atoms with van der Waals surface area (Å²) in [5.74, 6) is 0.959. The van der Waals surface area contributed by atoms with Gasteiger partial charge in [-0.3, -0.25) is 4.18 Å². The Labute approximate surface area is 116 Å². The molecule has 3 atom stereocenters. The first kappa shape index (κ1) is 14.5. The largest absolute Gasteiger partial charge is 0.297 e. The Morgan fingerprint density at radius 1 is 1.11 bits per heavy atom. The summed E-state index contributed by atoms with van der Waals surface area (Å²) in [5, 5.41) is 0. The van der Waals surface area contributed by atoms with E-state index in [0.29, 0.717) is 11.8 Å². The molecule has 0 aliphatic heterocycles. The Balaban J connectivity index is 2.11. The van der Waals surface area contributed by atoms with Gasteiger partial charge < -0.3 is 0 Å². The molecule has 1 fully saturated rings. The highest BCUT2D eigenvalue weighted by Gasteiger charge is 2.30. The van der Waals surface area contributed by atoms with Gasteiger partial charge in [0.05, 0.1) is 11.0 Å². The van der Waals surface area contributed by atoms with Gasteiger partial charge in [-0.05, 0) is 50.2 Å². The van der Waals surface area contributed by atoms with Crippen molar-refractivity contribution in [3.05, 3.63) is 29.8 Å². The van der Waals surface area contributed by atoms with E-state index in [1.807, 2.05) is 6.92 Å². The van der Waals surface area contributed by atoms with Crippen molar-refractivity contribution in [1.29, 1.82) is 0 Å². The van der Waals surface area contributed by atoms with Crippen LogP contribution in [0.4, 0.5) is 0 Å². The maximum Gasteiger partial charge on any atom is 0.297 e. The Morgan fingerprint density at radius 3 is 2.32 bits per heavy atom. The maximum absolute atomic E-state index is 12.2. The third-order valence-electron chi connectivity index (χ3n) is 3.91. The fourth-order valence-electron chi connectivity index (χ4n) is 2.70. The average molecular weight is 282 g/mol. The van der Waals surface area contributed by atoms with E-state index in [1.54, 1.807) is 24.3 Å². The molecule has 1 saturated carbocycles. The molecule has 1 aliphatic rings. The van der Waals surface area contributed by atoms with Crippen LogP contribution < -0.4 is 0 Å². The lowest BCUT2D eigenvalue weighted by Crippen LogP contribution is -2.31. The molecule has 19 heavy (non-hydrogen) atoms. The van der Waals surface area contributed by atoms with E-state index in [-0.39, 0.29) is 11.0 Å². The molecule has 2 rings (SSSR count). The van der Waals surface area contributed by atoms with Gasteiger partial charge in [-0.2, -0.15) is 8.42 Å². The molecule has 4 heteroatoms. The molecule has 1 aromatic carbocycles. The minimum absolute atomic E-state index is 0.178. The van der Waals surface area contributed by atoms with Crippen LogP contribution in [0.1, 0.15) is 38.7 Å². The molecule has 0 radical (unpaired) electrons. The van der Waals surface area contributed by atoms with E-state index in [9.17, 15) is 8.42 Å². The van der Waals surface area contributed by atoms with E-state index in [0.717, 1.165) is 24.8 Å². The van der Waals surface area contributed by atoms with E-state index in [4.69, 9.17) is 4.18 Å². The molecule has 106 valence electrons. The fourth-order valence-corrected chi connectivity index (χ4v) is 3.90. The molecule has 0 aromatic heterocycles. The van der Waals surface area contributed by atoms with Crippen LogP contribution in [0, 0.1) is 18.8 Å². The van der Waals surface area contributed by atoms with E-state index >= 15 is 0 Å². The topological polar surface area (TPSA) is 43.4 Å². The molecule has 0 saturated heterocycles. The normalized spacial score (nSPS) is 28.3. The summed E-state index contributed by atoms with van der Waals surface area (Å²) >= 11 is 0. The van der Waals surface area contributed by atoms with Crippen LogP contribution in [0.3, 0.4) is 0 Å². The van der Waals surface area contributed by atoms with Gasteiger partial charge in [0, 0.05) is 0 Å². The van der Waals surface area contributed by atoms with Gasteiger partial charge in [0.1, 0.15) is 0 Å². The van der Waals surface area contributed by atoms with Crippen molar-refractivity contribution in [3.8, 4) is 0 Å². The highest BCUT2D eigenvalue weighted by Crippen LogP contribution is 2.32. The van der Waals surface area contributed by atoms with Crippen LogP contribution in [0.25, 0.3) is 0 Å². The second kappa shape index (κ2) is 5.63. The Morgan fingerprint density at radius 2 is 1.74 bits per heavy atom. The summed E-state index contributed by atoms with van der Waals surface area (Å²) in [7, 11) is -3.63. The monoisotopic (exact) mass is 282 g/mol. The van der Waals surface area contributed by atoms with Gasteiger partial charge in [-0.15, -0.1) is 0 Å². The highest BCUT2D eigenvalue weighted by molar-refractivity contribution is 7.86. The Bertz CT molecular complexity index is 519. The standard InChI is InChI=1S/C15H22O3S/c1-11-4-7-14(8-5-11)19(16,17)18-15-9-6-12(2)10-13(15)3/h4-5,7-8,12-13,15H,6,9-10H2,1-3H3. The van der Waals surface area contributed by atoms with Gasteiger partial charge in [0.15, 0.2) is 0 Å². The predicted octanol–water partition coefficient (Wildman–Crippen LogP) is 3.53. The molecule has 1 aliphatic carbocycles. The average Bonchev–Trinajstić information content (AvgIpc) is 2.33. The fraction of sp³-hybridized carbons (Fsp3) is 0.600. The zero-order valence-corrected chi connectivity index (χ0v) is 12.6. The van der Waals surface area contributed by atoms with Crippen LogP contribution in [-0.2, 0) is 14.3 Å². The summed E-state index contributed by atoms with van der Waals surface area (Å²) in [6.07, 6.45) is 2.72. The lowest BCUT2D eigenvalue weighted by molar-refractivity contribution is 0.0882. The van der Waals surface area contributed by atoms with Gasteiger partial charge >= 0.3 is 0 Å². The smallest absolute Gasteiger partial charge is 0.263 e. The van der Waals surface area contributed by atoms with Gasteiger partial charge in [0.2, 0.25) is 0 Å². The van der Waals surface area contributed by atoms with Crippen molar-refractivity contribution in [2.45, 2.75) is 51.0 Å². The van der Waals surface area contributed by atoms with Crippen molar-refractivity contribution in [2.75, 3.05) is 0 Å². The first-order chi connectivity index (χ1) is 8.88. The van der Waals surface area contributed by atoms with Gasteiger partial charge in [-0.25, -0.2) is 0 Å². The number of hydrogen-bond donors (Lipinski definition) is 0. The molecule has 0 bridgehead atoms. The van der Waals surface area contributed by atoms with Crippen LogP contribution >= 0.6 is 0 Å². The molecular formula is C15H22O3S. The second-order valence-electron chi connectivity index (χ2n) is 5.80. The molecule has 0 heterocycles. The summed E-state index contributed by atoms with van der Waals surface area (Å²) in [6.45, 7) is 6.22. The van der Waals surface area contributed by atoms with E-state index < -0.39 is 10.1 Å². The van der Waals surface area contributed by atoms with Crippen LogP contribution in [0.15, 0.2) is 29.2 Å². The lowest BCUT2D eigenvalue weighted by Gasteiger charge is -2.31. The third kappa shape index (κ3) is 3.57. The van der Waals surface area contributed by atoms with Crippen LogP contribution in [0.2, 0.25) is 0 Å². The third-order valence-corrected chi connectivity index (χ3v) is 5.26. The van der Waals surface area contributed by atoms with Crippen molar-refractivity contribution in [3.63, 3.8) is 0 Å². The molecule has 0 N–H and O–H groups in total. The van der Waals surface area contributed by atoms with Crippen molar-refractivity contribution >= 4 is 10.1 Å². The molecular weight excluding hydrogens is 260 g/mol. The number of aryl methyl sites for hydroxylation is 1. The van der Waals surface area contributed by atoms with Gasteiger partial charge in [-0.1, -0.05) is 31.5 Å². The van der Waals surface area contributed by atoms with Crippen molar-refractivity contribution < 1.29 is 12.6 Å². The van der Waals surface area contributed by atoms with Gasteiger partial charge in [0.25, 0.3) is 10.1 Å². The van der Waals surface area contributed by atoms with E-state index in [1.165, 1.54) is 0 Å². The minimum atomic E-state index is -3.63. The molecule has 1 aromatic rings. The first-order valence-corrected chi connectivity index (χ1v) is 8.29. The zero-order chi connectivity index (χ0) is 14.0. The predicted molar refractivity (Wildman–Crippen MR) is 75.4 cm³/mol. The molecule has 0 amide bonds. The van der Waals surface area contributed by atoms with Crippen LogP contribution in [-0.4, -0.2) is 14.5 Å². The first-order valence-electron chi connectivity index (χ1n) is 6.88. The molecule has 3 nitrogen and oxygen atoms in total. The number of hydrogen-bond acceptors (Lipinski definition) is 3. The number of benzene rings is 1. The SMILES string of the molecule is Cc1ccc(S(=O)(=O)OC2CCC(C)CC2C)cc1. The quantitative estimate of drug-likeness (QED) is 0.797. The number of rotatable bonds is 3. The summed E-state index contributed by atoms with van der Waals surface area (Å²) in [6, 6.07) is 6.81. The highest BCUT2D eigenvalue weighted by atomic mass is 32.2. The molecule has 3 unspecified atom stereocenters.